The Morgan fingerprint density at radius 2 is 2.09 bits per heavy atom. The number of anilines is 1. The minimum Gasteiger partial charge on any atom is -0.393 e. The van der Waals surface area contributed by atoms with Crippen LogP contribution in [0, 0.1) is 5.92 Å². The third-order valence-corrected chi connectivity index (χ3v) is 5.03. The molecular formula is C16H23ClN4O2. The van der Waals surface area contributed by atoms with Crippen LogP contribution in [0.4, 0.5) is 5.95 Å². The molecule has 2 atom stereocenters. The van der Waals surface area contributed by atoms with Crippen LogP contribution in [0.25, 0.3) is 0 Å². The van der Waals surface area contributed by atoms with Gasteiger partial charge in [0.25, 0.3) is 5.91 Å². The molecule has 6 nitrogen and oxygen atoms in total. The summed E-state index contributed by atoms with van der Waals surface area (Å²) in [6.45, 7) is 4.85. The van der Waals surface area contributed by atoms with Gasteiger partial charge in [-0.2, -0.15) is 0 Å². The number of amides is 1. The van der Waals surface area contributed by atoms with Crippen molar-refractivity contribution in [2.45, 2.75) is 38.7 Å². The molecule has 2 aliphatic rings. The van der Waals surface area contributed by atoms with Gasteiger partial charge in [0.15, 0.2) is 5.69 Å². The highest BCUT2D eigenvalue weighted by molar-refractivity contribution is 6.33. The zero-order valence-corrected chi connectivity index (χ0v) is 14.2. The summed E-state index contributed by atoms with van der Waals surface area (Å²) in [4.78, 5) is 25.3. The highest BCUT2D eigenvalue weighted by Gasteiger charge is 2.29. The van der Waals surface area contributed by atoms with Crippen molar-refractivity contribution in [3.63, 3.8) is 0 Å². The Hall–Kier alpha value is -1.40. The van der Waals surface area contributed by atoms with Gasteiger partial charge in [0.2, 0.25) is 5.95 Å². The molecule has 23 heavy (non-hydrogen) atoms. The predicted molar refractivity (Wildman–Crippen MR) is 88.8 cm³/mol. The maximum absolute atomic E-state index is 12.8. The van der Waals surface area contributed by atoms with Crippen LogP contribution >= 0.6 is 11.6 Å². The number of piperidine rings is 1. The molecule has 7 heteroatoms. The number of halogens is 1. The van der Waals surface area contributed by atoms with E-state index in [2.05, 4.69) is 14.9 Å². The van der Waals surface area contributed by atoms with Crippen molar-refractivity contribution in [1.29, 1.82) is 0 Å². The number of hydrogen-bond donors (Lipinski definition) is 1. The van der Waals surface area contributed by atoms with E-state index in [-0.39, 0.29) is 22.5 Å². The van der Waals surface area contributed by atoms with Crippen LogP contribution in [0.5, 0.6) is 0 Å². The summed E-state index contributed by atoms with van der Waals surface area (Å²) >= 11 is 6.18. The second-order valence-corrected chi connectivity index (χ2v) is 6.86. The first kappa shape index (κ1) is 16.5. The molecule has 0 bridgehead atoms. The standard InChI is InChI=1S/C16H23ClN4O2/c1-11(22)12-5-4-8-21(10-12)15(23)14-13(17)9-18-16(19-14)20-6-2-3-7-20/h9,11-12,22H,2-8,10H2,1H3. The normalized spacial score (nSPS) is 23.2. The van der Waals surface area contributed by atoms with Crippen LogP contribution in [0.1, 0.15) is 43.1 Å². The fourth-order valence-corrected chi connectivity index (χ4v) is 3.49. The second-order valence-electron chi connectivity index (χ2n) is 6.45. The Labute approximate surface area is 141 Å². The first-order valence-electron chi connectivity index (χ1n) is 8.31. The van der Waals surface area contributed by atoms with Crippen LogP contribution in [-0.2, 0) is 0 Å². The average molecular weight is 339 g/mol. The third-order valence-electron chi connectivity index (χ3n) is 4.75. The number of aliphatic hydroxyl groups is 1. The largest absolute Gasteiger partial charge is 0.393 e. The van der Waals surface area contributed by atoms with E-state index in [1.54, 1.807) is 11.8 Å². The van der Waals surface area contributed by atoms with Gasteiger partial charge in [-0.1, -0.05) is 11.6 Å². The Morgan fingerprint density at radius 1 is 1.35 bits per heavy atom. The summed E-state index contributed by atoms with van der Waals surface area (Å²) < 4.78 is 0. The summed E-state index contributed by atoms with van der Waals surface area (Å²) in [5, 5.41) is 10.1. The minimum atomic E-state index is -0.411. The Kier molecular flexibility index (Phi) is 5.02. The number of carbonyl (C=O) groups excluding carboxylic acids is 1. The molecule has 3 rings (SSSR count). The van der Waals surface area contributed by atoms with Gasteiger partial charge in [0.05, 0.1) is 17.3 Å². The van der Waals surface area contributed by atoms with E-state index >= 15 is 0 Å². The summed E-state index contributed by atoms with van der Waals surface area (Å²) in [6.07, 6.45) is 5.19. The molecule has 1 amide bonds. The van der Waals surface area contributed by atoms with Gasteiger partial charge in [0, 0.05) is 32.1 Å². The Morgan fingerprint density at radius 3 is 2.78 bits per heavy atom. The van der Waals surface area contributed by atoms with E-state index in [0.717, 1.165) is 38.8 Å². The van der Waals surface area contributed by atoms with Gasteiger partial charge >= 0.3 is 0 Å². The fourth-order valence-electron chi connectivity index (χ4n) is 3.32. The van der Waals surface area contributed by atoms with Crippen LogP contribution in [-0.4, -0.2) is 58.2 Å². The summed E-state index contributed by atoms with van der Waals surface area (Å²) in [5.74, 6) is 0.536. The van der Waals surface area contributed by atoms with Gasteiger partial charge in [-0.25, -0.2) is 9.97 Å². The van der Waals surface area contributed by atoms with E-state index in [1.807, 2.05) is 0 Å². The number of likely N-dealkylation sites (tertiary alicyclic amines) is 1. The van der Waals surface area contributed by atoms with Gasteiger partial charge in [0.1, 0.15) is 0 Å². The van der Waals surface area contributed by atoms with Gasteiger partial charge in [-0.15, -0.1) is 0 Å². The predicted octanol–water partition coefficient (Wildman–Crippen LogP) is 1.96. The van der Waals surface area contributed by atoms with Crippen LogP contribution < -0.4 is 4.90 Å². The smallest absolute Gasteiger partial charge is 0.274 e. The lowest BCUT2D eigenvalue weighted by Crippen LogP contribution is -2.43. The van der Waals surface area contributed by atoms with E-state index < -0.39 is 6.10 Å². The van der Waals surface area contributed by atoms with Crippen LogP contribution in [0.3, 0.4) is 0 Å². The molecule has 126 valence electrons. The SMILES string of the molecule is CC(O)C1CCCN(C(=O)c2nc(N3CCCC3)ncc2Cl)C1. The van der Waals surface area contributed by atoms with Gasteiger partial charge in [-0.05, 0) is 32.6 Å². The quantitative estimate of drug-likeness (QED) is 0.912. The molecule has 2 saturated heterocycles. The average Bonchev–Trinajstić information content (AvgIpc) is 3.09. The fraction of sp³-hybridized carbons (Fsp3) is 0.688. The first-order valence-corrected chi connectivity index (χ1v) is 8.69. The van der Waals surface area contributed by atoms with Crippen molar-refractivity contribution in [1.82, 2.24) is 14.9 Å². The number of aromatic nitrogens is 2. The molecular weight excluding hydrogens is 316 g/mol. The second kappa shape index (κ2) is 7.01. The first-order chi connectivity index (χ1) is 11.1. The number of aliphatic hydroxyl groups excluding tert-OH is 1. The van der Waals surface area contributed by atoms with Crippen LogP contribution in [0.15, 0.2) is 6.20 Å². The van der Waals surface area contributed by atoms with Crippen molar-refractivity contribution in [2.75, 3.05) is 31.1 Å². The Bertz CT molecular complexity index is 575. The number of hydrogen-bond acceptors (Lipinski definition) is 5. The number of carbonyl (C=O) groups is 1. The molecule has 0 aromatic carbocycles. The lowest BCUT2D eigenvalue weighted by Gasteiger charge is -2.34. The minimum absolute atomic E-state index is 0.117. The van der Waals surface area contributed by atoms with Crippen molar-refractivity contribution >= 4 is 23.5 Å². The maximum Gasteiger partial charge on any atom is 0.274 e. The molecule has 0 aliphatic carbocycles. The molecule has 1 aromatic heterocycles. The third kappa shape index (κ3) is 3.58. The van der Waals surface area contributed by atoms with Gasteiger partial charge < -0.3 is 14.9 Å². The highest BCUT2D eigenvalue weighted by atomic mass is 35.5. The lowest BCUT2D eigenvalue weighted by atomic mass is 9.93. The van der Waals surface area contributed by atoms with E-state index in [1.165, 1.54) is 6.20 Å². The topological polar surface area (TPSA) is 69.6 Å². The molecule has 2 aliphatic heterocycles. The van der Waals surface area contributed by atoms with E-state index in [9.17, 15) is 9.90 Å². The monoisotopic (exact) mass is 338 g/mol. The van der Waals surface area contributed by atoms with Crippen molar-refractivity contribution < 1.29 is 9.90 Å². The summed E-state index contributed by atoms with van der Waals surface area (Å²) in [7, 11) is 0. The Balaban J connectivity index is 1.79. The maximum atomic E-state index is 12.8. The molecule has 0 saturated carbocycles. The number of rotatable bonds is 3. The van der Waals surface area contributed by atoms with Crippen molar-refractivity contribution in [3.8, 4) is 0 Å². The zero-order chi connectivity index (χ0) is 16.4. The molecule has 0 spiro atoms. The molecule has 3 heterocycles. The summed E-state index contributed by atoms with van der Waals surface area (Å²) in [6, 6.07) is 0. The molecule has 1 aromatic rings. The van der Waals surface area contributed by atoms with E-state index in [4.69, 9.17) is 11.6 Å². The molecule has 0 radical (unpaired) electrons. The zero-order valence-electron chi connectivity index (χ0n) is 13.4. The lowest BCUT2D eigenvalue weighted by molar-refractivity contribution is 0.0462. The van der Waals surface area contributed by atoms with Crippen molar-refractivity contribution in [2.24, 2.45) is 5.92 Å². The number of nitrogens with zero attached hydrogens (tertiary/aromatic N) is 4. The molecule has 2 fully saturated rings. The summed E-state index contributed by atoms with van der Waals surface area (Å²) in [5.41, 5.74) is 0.273. The molecule has 1 N–H and O–H groups in total. The highest BCUT2D eigenvalue weighted by Crippen LogP contribution is 2.24. The van der Waals surface area contributed by atoms with Gasteiger partial charge in [-0.3, -0.25) is 4.79 Å². The van der Waals surface area contributed by atoms with Crippen molar-refractivity contribution in [3.05, 3.63) is 16.9 Å². The molecule has 2 unspecified atom stereocenters. The van der Waals surface area contributed by atoms with Crippen LogP contribution in [0.2, 0.25) is 5.02 Å². The van der Waals surface area contributed by atoms with E-state index in [0.29, 0.717) is 19.0 Å².